The number of anilines is 1. The minimum Gasteiger partial charge on any atom is -0.408 e. The van der Waals surface area contributed by atoms with E-state index in [1.807, 2.05) is 0 Å². The number of aromatic nitrogens is 1. The van der Waals surface area contributed by atoms with E-state index in [4.69, 9.17) is 4.42 Å². The quantitative estimate of drug-likeness (QED) is 0.744. The van der Waals surface area contributed by atoms with Crippen molar-refractivity contribution in [3.63, 3.8) is 0 Å². The summed E-state index contributed by atoms with van der Waals surface area (Å²) in [5.41, 5.74) is 1.17. The number of aromatic amines is 1. The Bertz CT molecular complexity index is 901. The summed E-state index contributed by atoms with van der Waals surface area (Å²) >= 11 is 3.03. The lowest BCUT2D eigenvalue weighted by Crippen LogP contribution is -2.13. The third-order valence-corrected chi connectivity index (χ3v) is 3.49. The van der Waals surface area contributed by atoms with Crippen LogP contribution in [0.5, 0.6) is 0 Å². The first-order valence-electron chi connectivity index (χ1n) is 5.93. The van der Waals surface area contributed by atoms with Crippen LogP contribution in [0, 0.1) is 5.82 Å². The molecule has 2 N–H and O–H groups in total. The van der Waals surface area contributed by atoms with Crippen molar-refractivity contribution >= 4 is 38.6 Å². The maximum absolute atomic E-state index is 13.8. The van der Waals surface area contributed by atoms with Gasteiger partial charge in [-0.25, -0.2) is 9.18 Å². The van der Waals surface area contributed by atoms with E-state index in [2.05, 4.69) is 26.2 Å². The van der Waals surface area contributed by atoms with Crippen LogP contribution in [-0.4, -0.2) is 10.9 Å². The van der Waals surface area contributed by atoms with Crippen LogP contribution >= 0.6 is 15.9 Å². The topological polar surface area (TPSA) is 75.1 Å². The van der Waals surface area contributed by atoms with Gasteiger partial charge in [-0.2, -0.15) is 0 Å². The van der Waals surface area contributed by atoms with Gasteiger partial charge >= 0.3 is 5.76 Å². The van der Waals surface area contributed by atoms with E-state index in [1.54, 1.807) is 18.2 Å². The number of rotatable bonds is 2. The van der Waals surface area contributed by atoms with E-state index < -0.39 is 17.5 Å². The molecule has 1 amide bonds. The number of benzene rings is 2. The summed E-state index contributed by atoms with van der Waals surface area (Å²) in [6.07, 6.45) is 0. The molecule has 0 aliphatic carbocycles. The Labute approximate surface area is 125 Å². The smallest absolute Gasteiger partial charge is 0.408 e. The van der Waals surface area contributed by atoms with E-state index in [0.717, 1.165) is 0 Å². The van der Waals surface area contributed by atoms with E-state index in [9.17, 15) is 14.0 Å². The summed E-state index contributed by atoms with van der Waals surface area (Å²) < 4.78 is 18.9. The highest BCUT2D eigenvalue weighted by atomic mass is 79.9. The molecule has 0 aliphatic heterocycles. The third-order valence-electron chi connectivity index (χ3n) is 2.87. The normalized spacial score (nSPS) is 10.8. The average Bonchev–Trinajstić information content (AvgIpc) is 2.81. The molecule has 7 heteroatoms. The lowest BCUT2D eigenvalue weighted by atomic mass is 10.2. The second kappa shape index (κ2) is 5.17. The molecule has 0 aliphatic rings. The molecule has 0 fully saturated rings. The van der Waals surface area contributed by atoms with Crippen LogP contribution in [0.15, 0.2) is 50.1 Å². The Morgan fingerprint density at radius 1 is 1.29 bits per heavy atom. The molecule has 3 rings (SSSR count). The molecule has 0 unspecified atom stereocenters. The number of nitrogens with one attached hydrogen (secondary N) is 2. The van der Waals surface area contributed by atoms with E-state index in [1.165, 1.54) is 18.2 Å². The first-order chi connectivity index (χ1) is 10.0. The number of oxazole rings is 1. The first kappa shape index (κ1) is 13.6. The van der Waals surface area contributed by atoms with Gasteiger partial charge in [0.15, 0.2) is 5.58 Å². The van der Waals surface area contributed by atoms with Gasteiger partial charge in [0.2, 0.25) is 0 Å². The number of halogens is 2. The second-order valence-electron chi connectivity index (χ2n) is 4.28. The van der Waals surface area contributed by atoms with Crippen LogP contribution < -0.4 is 11.1 Å². The summed E-state index contributed by atoms with van der Waals surface area (Å²) in [6, 6.07) is 9.10. The molecule has 2 aromatic carbocycles. The Balaban J connectivity index is 1.92. The summed E-state index contributed by atoms with van der Waals surface area (Å²) in [7, 11) is 0. The maximum atomic E-state index is 13.8. The number of carbonyl (C=O) groups is 1. The van der Waals surface area contributed by atoms with Crippen molar-refractivity contribution in [3.8, 4) is 0 Å². The number of amides is 1. The van der Waals surface area contributed by atoms with Crippen LogP contribution in [-0.2, 0) is 0 Å². The van der Waals surface area contributed by atoms with Crippen LogP contribution in [0.1, 0.15) is 10.4 Å². The van der Waals surface area contributed by atoms with E-state index in [0.29, 0.717) is 16.8 Å². The van der Waals surface area contributed by atoms with Gasteiger partial charge in [0, 0.05) is 5.69 Å². The van der Waals surface area contributed by atoms with Gasteiger partial charge in [-0.1, -0.05) is 6.07 Å². The molecule has 0 spiro atoms. The molecule has 5 nitrogen and oxygen atoms in total. The van der Waals surface area contributed by atoms with Crippen molar-refractivity contribution in [3.05, 3.63) is 62.8 Å². The van der Waals surface area contributed by atoms with Crippen LogP contribution in [0.3, 0.4) is 0 Å². The molecular weight excluding hydrogens is 343 g/mol. The Hall–Kier alpha value is -2.41. The van der Waals surface area contributed by atoms with Gasteiger partial charge in [0.25, 0.3) is 5.91 Å². The zero-order chi connectivity index (χ0) is 15.0. The van der Waals surface area contributed by atoms with Gasteiger partial charge in [0.05, 0.1) is 15.6 Å². The highest BCUT2D eigenvalue weighted by Crippen LogP contribution is 2.21. The predicted octanol–water partition coefficient (Wildman–Crippen LogP) is 3.28. The number of fused-ring (bicyclic) bond motifs is 1. The molecule has 3 aromatic rings. The minimum absolute atomic E-state index is 0.0786. The SMILES string of the molecule is O=C(Nc1ccc2oc(=O)[nH]c2c1)c1cccc(Br)c1F. The summed E-state index contributed by atoms with van der Waals surface area (Å²) in [5, 5.41) is 2.56. The van der Waals surface area contributed by atoms with Gasteiger partial charge in [-0.15, -0.1) is 0 Å². The molecule has 21 heavy (non-hydrogen) atoms. The Morgan fingerprint density at radius 2 is 2.10 bits per heavy atom. The first-order valence-corrected chi connectivity index (χ1v) is 6.72. The number of hydrogen-bond acceptors (Lipinski definition) is 3. The number of H-pyrrole nitrogens is 1. The molecule has 1 aromatic heterocycles. The number of hydrogen-bond donors (Lipinski definition) is 2. The van der Waals surface area contributed by atoms with E-state index >= 15 is 0 Å². The zero-order valence-electron chi connectivity index (χ0n) is 10.4. The standard InChI is InChI=1S/C14H8BrFN2O3/c15-9-3-1-2-8(12(9)16)13(19)17-7-4-5-11-10(6-7)18-14(20)21-11/h1-6H,(H,17,19)(H,18,20). The molecule has 106 valence electrons. The van der Waals surface area contributed by atoms with Crippen LogP contribution in [0.4, 0.5) is 10.1 Å². The lowest BCUT2D eigenvalue weighted by molar-refractivity contribution is 0.102. The summed E-state index contributed by atoms with van der Waals surface area (Å²) in [6.45, 7) is 0. The molecular formula is C14H8BrFN2O3. The number of carbonyl (C=O) groups excluding carboxylic acids is 1. The fourth-order valence-corrected chi connectivity index (χ4v) is 2.27. The minimum atomic E-state index is -0.632. The van der Waals surface area contributed by atoms with Crippen LogP contribution in [0.2, 0.25) is 0 Å². The second-order valence-corrected chi connectivity index (χ2v) is 5.14. The highest BCUT2D eigenvalue weighted by Gasteiger charge is 2.14. The molecule has 1 heterocycles. The van der Waals surface area contributed by atoms with Crippen molar-refractivity contribution in [2.24, 2.45) is 0 Å². The Kier molecular flexibility index (Phi) is 3.34. The summed E-state index contributed by atoms with van der Waals surface area (Å²) in [5.74, 6) is -1.79. The van der Waals surface area contributed by atoms with Gasteiger partial charge in [-0.05, 0) is 46.3 Å². The molecule has 0 saturated heterocycles. The largest absolute Gasteiger partial charge is 0.417 e. The lowest BCUT2D eigenvalue weighted by Gasteiger charge is -2.06. The van der Waals surface area contributed by atoms with Crippen molar-refractivity contribution in [1.29, 1.82) is 0 Å². The molecule has 0 atom stereocenters. The van der Waals surface area contributed by atoms with Gasteiger partial charge in [0.1, 0.15) is 5.82 Å². The van der Waals surface area contributed by atoms with Crippen molar-refractivity contribution in [1.82, 2.24) is 4.98 Å². The monoisotopic (exact) mass is 350 g/mol. The fraction of sp³-hybridized carbons (Fsp3) is 0. The van der Waals surface area contributed by atoms with Crippen LogP contribution in [0.25, 0.3) is 11.1 Å². The Morgan fingerprint density at radius 3 is 2.90 bits per heavy atom. The van der Waals surface area contributed by atoms with Gasteiger partial charge in [-0.3, -0.25) is 9.78 Å². The summed E-state index contributed by atoms with van der Waals surface area (Å²) in [4.78, 5) is 25.6. The average molecular weight is 351 g/mol. The van der Waals surface area contributed by atoms with Crippen molar-refractivity contribution in [2.75, 3.05) is 5.32 Å². The zero-order valence-corrected chi connectivity index (χ0v) is 12.0. The highest BCUT2D eigenvalue weighted by molar-refractivity contribution is 9.10. The molecule has 0 radical (unpaired) electrons. The van der Waals surface area contributed by atoms with Crippen molar-refractivity contribution in [2.45, 2.75) is 0 Å². The fourth-order valence-electron chi connectivity index (χ4n) is 1.91. The van der Waals surface area contributed by atoms with Crippen molar-refractivity contribution < 1.29 is 13.6 Å². The predicted molar refractivity (Wildman–Crippen MR) is 78.9 cm³/mol. The molecule has 0 bridgehead atoms. The van der Waals surface area contributed by atoms with Gasteiger partial charge < -0.3 is 9.73 Å². The maximum Gasteiger partial charge on any atom is 0.417 e. The third kappa shape index (κ3) is 2.59. The van der Waals surface area contributed by atoms with E-state index in [-0.39, 0.29) is 10.0 Å². The molecule has 0 saturated carbocycles.